The number of aromatic nitrogens is 5. The second kappa shape index (κ2) is 9.78. The van der Waals surface area contributed by atoms with E-state index in [0.29, 0.717) is 29.4 Å². The number of fused-ring (bicyclic) bond motifs is 1. The van der Waals surface area contributed by atoms with Gasteiger partial charge in [-0.2, -0.15) is 0 Å². The molecule has 5 rings (SSSR count). The van der Waals surface area contributed by atoms with Gasteiger partial charge in [-0.25, -0.2) is 19.7 Å². The van der Waals surface area contributed by atoms with Crippen molar-refractivity contribution in [2.24, 2.45) is 0 Å². The van der Waals surface area contributed by atoms with E-state index >= 15 is 0 Å². The van der Waals surface area contributed by atoms with Gasteiger partial charge in [-0.15, -0.1) is 0 Å². The first-order chi connectivity index (χ1) is 16.7. The summed E-state index contributed by atoms with van der Waals surface area (Å²) in [5, 5.41) is 8.92. The average molecular weight is 451 g/mol. The molecule has 5 aromatic rings. The van der Waals surface area contributed by atoms with E-state index in [1.807, 2.05) is 54.6 Å². The number of carbonyl (C=O) groups excluding carboxylic acids is 1. The number of amides is 2. The van der Waals surface area contributed by atoms with Crippen LogP contribution < -0.4 is 16.0 Å². The lowest BCUT2D eigenvalue weighted by atomic mass is 10.1. The second-order valence-electron chi connectivity index (χ2n) is 7.57. The van der Waals surface area contributed by atoms with Crippen molar-refractivity contribution in [3.8, 4) is 11.4 Å². The maximum absolute atomic E-state index is 12.1. The van der Waals surface area contributed by atoms with Crippen molar-refractivity contribution >= 4 is 34.4 Å². The molecule has 2 aromatic carbocycles. The molecule has 3 aromatic heterocycles. The van der Waals surface area contributed by atoms with Gasteiger partial charge in [-0.05, 0) is 36.2 Å². The summed E-state index contributed by atoms with van der Waals surface area (Å²) in [7, 11) is 0. The zero-order valence-electron chi connectivity index (χ0n) is 18.2. The summed E-state index contributed by atoms with van der Waals surface area (Å²) in [4.78, 5) is 32.6. The maximum Gasteiger partial charge on any atom is 0.323 e. The highest BCUT2D eigenvalue weighted by atomic mass is 16.2. The SMILES string of the molecule is O=C(Nc1ccc(CCNc2ncnc3nc(-c4ccccc4)[nH]c23)cc1)Nc1cccnc1. The number of nitrogens with one attached hydrogen (secondary N) is 4. The van der Waals surface area contributed by atoms with Gasteiger partial charge in [0.05, 0.1) is 11.9 Å². The van der Waals surface area contributed by atoms with Crippen molar-refractivity contribution in [3.63, 3.8) is 0 Å². The first-order valence-electron chi connectivity index (χ1n) is 10.8. The van der Waals surface area contributed by atoms with Crippen molar-refractivity contribution in [2.75, 3.05) is 22.5 Å². The van der Waals surface area contributed by atoms with E-state index in [1.165, 1.54) is 6.33 Å². The molecule has 0 saturated carbocycles. The molecule has 0 saturated heterocycles. The fraction of sp³-hybridized carbons (Fsp3) is 0.0800. The number of aromatic amines is 1. The van der Waals surface area contributed by atoms with Gasteiger partial charge < -0.3 is 20.9 Å². The molecule has 0 radical (unpaired) electrons. The summed E-state index contributed by atoms with van der Waals surface area (Å²) in [6.45, 7) is 0.681. The Labute approximate surface area is 195 Å². The molecule has 0 aliphatic heterocycles. The Kier molecular flexibility index (Phi) is 6.06. The minimum atomic E-state index is -0.315. The summed E-state index contributed by atoms with van der Waals surface area (Å²) in [6.07, 6.45) is 5.54. The molecule has 0 bridgehead atoms. The maximum atomic E-state index is 12.1. The fourth-order valence-electron chi connectivity index (χ4n) is 3.51. The number of imidazole rings is 1. The van der Waals surface area contributed by atoms with E-state index in [4.69, 9.17) is 0 Å². The number of pyridine rings is 1. The van der Waals surface area contributed by atoms with Crippen LogP contribution in [0.4, 0.5) is 22.0 Å². The van der Waals surface area contributed by atoms with E-state index in [2.05, 4.69) is 40.9 Å². The molecule has 0 aliphatic carbocycles. The van der Waals surface area contributed by atoms with Crippen LogP contribution in [0.1, 0.15) is 5.56 Å². The second-order valence-corrected chi connectivity index (χ2v) is 7.57. The Morgan fingerprint density at radius 3 is 2.50 bits per heavy atom. The first-order valence-corrected chi connectivity index (χ1v) is 10.8. The predicted octanol–water partition coefficient (Wildman–Crippen LogP) is 4.71. The van der Waals surface area contributed by atoms with Crippen LogP contribution >= 0.6 is 0 Å². The van der Waals surface area contributed by atoms with Crippen LogP contribution in [0.25, 0.3) is 22.6 Å². The molecule has 3 heterocycles. The summed E-state index contributed by atoms with van der Waals surface area (Å²) in [5.41, 5.74) is 4.87. The third-order valence-electron chi connectivity index (χ3n) is 5.17. The van der Waals surface area contributed by atoms with E-state index in [0.717, 1.165) is 28.9 Å². The number of hydrogen-bond donors (Lipinski definition) is 4. The molecular weight excluding hydrogens is 428 g/mol. The number of anilines is 3. The third-order valence-corrected chi connectivity index (χ3v) is 5.17. The van der Waals surface area contributed by atoms with Crippen molar-refractivity contribution in [3.05, 3.63) is 91.0 Å². The molecule has 0 fully saturated rings. The summed E-state index contributed by atoms with van der Waals surface area (Å²) in [5.74, 6) is 1.47. The quantitative estimate of drug-likeness (QED) is 0.285. The molecule has 0 atom stereocenters. The molecule has 9 nitrogen and oxygen atoms in total. The van der Waals surface area contributed by atoms with Crippen LogP contribution in [0, 0.1) is 0 Å². The van der Waals surface area contributed by atoms with Crippen LogP contribution in [-0.2, 0) is 6.42 Å². The fourth-order valence-corrected chi connectivity index (χ4v) is 3.51. The van der Waals surface area contributed by atoms with Gasteiger partial charge in [0.2, 0.25) is 0 Å². The van der Waals surface area contributed by atoms with Crippen molar-refractivity contribution in [1.82, 2.24) is 24.9 Å². The highest BCUT2D eigenvalue weighted by Crippen LogP contribution is 2.22. The molecule has 4 N–H and O–H groups in total. The number of carbonyl (C=O) groups is 1. The van der Waals surface area contributed by atoms with E-state index < -0.39 is 0 Å². The van der Waals surface area contributed by atoms with Crippen LogP contribution in [0.15, 0.2) is 85.5 Å². The summed E-state index contributed by atoms with van der Waals surface area (Å²) >= 11 is 0. The van der Waals surface area contributed by atoms with Gasteiger partial charge in [-0.3, -0.25) is 4.98 Å². The number of hydrogen-bond acceptors (Lipinski definition) is 6. The third kappa shape index (κ3) is 4.99. The van der Waals surface area contributed by atoms with Gasteiger partial charge in [0, 0.05) is 24.0 Å². The van der Waals surface area contributed by atoms with Crippen LogP contribution in [0.2, 0.25) is 0 Å². The normalized spacial score (nSPS) is 10.7. The number of rotatable bonds is 7. The lowest BCUT2D eigenvalue weighted by Crippen LogP contribution is -2.19. The smallest absolute Gasteiger partial charge is 0.323 e. The average Bonchev–Trinajstić information content (AvgIpc) is 3.32. The van der Waals surface area contributed by atoms with Gasteiger partial charge in [0.15, 0.2) is 11.5 Å². The highest BCUT2D eigenvalue weighted by molar-refractivity contribution is 5.99. The van der Waals surface area contributed by atoms with Gasteiger partial charge in [0.25, 0.3) is 0 Å². The van der Waals surface area contributed by atoms with Gasteiger partial charge >= 0.3 is 6.03 Å². The molecular formula is C25H22N8O. The summed E-state index contributed by atoms with van der Waals surface area (Å²) < 4.78 is 0. The Bertz CT molecular complexity index is 1390. The minimum absolute atomic E-state index is 0.315. The van der Waals surface area contributed by atoms with Crippen molar-refractivity contribution < 1.29 is 4.79 Å². The lowest BCUT2D eigenvalue weighted by molar-refractivity contribution is 0.262. The Morgan fingerprint density at radius 2 is 1.71 bits per heavy atom. The van der Waals surface area contributed by atoms with Crippen molar-refractivity contribution in [2.45, 2.75) is 6.42 Å². The van der Waals surface area contributed by atoms with Crippen LogP contribution in [0.3, 0.4) is 0 Å². The monoisotopic (exact) mass is 450 g/mol. The molecule has 0 spiro atoms. The zero-order chi connectivity index (χ0) is 23.2. The van der Waals surface area contributed by atoms with Crippen LogP contribution in [-0.4, -0.2) is 37.5 Å². The largest absolute Gasteiger partial charge is 0.368 e. The number of benzene rings is 2. The van der Waals surface area contributed by atoms with E-state index in [-0.39, 0.29) is 6.03 Å². The Balaban J connectivity index is 1.17. The standard InChI is InChI=1S/C25H22N8O/c34-25(31-20-7-4-13-26-15-20)30-19-10-8-17(9-11-19)12-14-27-23-21-24(29-16-28-23)33-22(32-21)18-5-2-1-3-6-18/h1-11,13,15-16H,12,14H2,(H2,30,31,34)(H2,27,28,29,32,33). The highest BCUT2D eigenvalue weighted by Gasteiger charge is 2.10. The van der Waals surface area contributed by atoms with Crippen LogP contribution in [0.5, 0.6) is 0 Å². The number of nitrogens with zero attached hydrogens (tertiary/aromatic N) is 4. The molecule has 9 heteroatoms. The molecule has 0 aliphatic rings. The van der Waals surface area contributed by atoms with E-state index in [1.54, 1.807) is 24.5 Å². The predicted molar refractivity (Wildman–Crippen MR) is 133 cm³/mol. The zero-order valence-corrected chi connectivity index (χ0v) is 18.2. The summed E-state index contributed by atoms with van der Waals surface area (Å²) in [6, 6.07) is 20.9. The topological polar surface area (TPSA) is 121 Å². The molecule has 34 heavy (non-hydrogen) atoms. The molecule has 168 valence electrons. The lowest BCUT2D eigenvalue weighted by Gasteiger charge is -2.09. The number of urea groups is 1. The molecule has 2 amide bonds. The number of H-pyrrole nitrogens is 1. The first kappa shape index (κ1) is 21.1. The van der Waals surface area contributed by atoms with E-state index in [9.17, 15) is 4.79 Å². The Hall–Kier alpha value is -4.79. The minimum Gasteiger partial charge on any atom is -0.368 e. The van der Waals surface area contributed by atoms with Gasteiger partial charge in [-0.1, -0.05) is 42.5 Å². The molecule has 0 unspecified atom stereocenters. The van der Waals surface area contributed by atoms with Crippen molar-refractivity contribution in [1.29, 1.82) is 0 Å². The Morgan fingerprint density at radius 1 is 0.882 bits per heavy atom. The van der Waals surface area contributed by atoms with Gasteiger partial charge in [0.1, 0.15) is 17.7 Å².